The highest BCUT2D eigenvalue weighted by molar-refractivity contribution is 7.90. The number of rotatable bonds is 5. The maximum absolute atomic E-state index is 12.9. The van der Waals surface area contributed by atoms with Crippen LogP contribution in [-0.4, -0.2) is 39.4 Å². The number of aromatic amines is 1. The Morgan fingerprint density at radius 1 is 1.27 bits per heavy atom. The lowest BCUT2D eigenvalue weighted by atomic mass is 10.2. The van der Waals surface area contributed by atoms with Crippen LogP contribution >= 0.6 is 11.6 Å². The largest absolute Gasteiger partial charge is 0.511 e. The van der Waals surface area contributed by atoms with Crippen LogP contribution in [0.15, 0.2) is 53.7 Å². The van der Waals surface area contributed by atoms with Crippen LogP contribution in [0.3, 0.4) is 0 Å². The van der Waals surface area contributed by atoms with Gasteiger partial charge in [-0.1, -0.05) is 41.4 Å². The van der Waals surface area contributed by atoms with Gasteiger partial charge in [-0.25, -0.2) is 22.9 Å². The van der Waals surface area contributed by atoms with E-state index >= 15 is 0 Å². The van der Waals surface area contributed by atoms with Crippen LogP contribution in [0.2, 0.25) is 5.02 Å². The summed E-state index contributed by atoms with van der Waals surface area (Å²) in [6, 6.07) is 10.1. The van der Waals surface area contributed by atoms with Crippen molar-refractivity contribution in [1.29, 1.82) is 0 Å². The smallest absolute Gasteiger partial charge is 0.449 e. The number of ether oxygens (including phenoxy) is 1. The number of carboxylic acid groups (broad SMARTS) is 1. The molecule has 0 saturated heterocycles. The molecule has 2 heterocycles. The molecule has 4 aromatic rings. The number of imidazole rings is 1. The van der Waals surface area contributed by atoms with Crippen molar-refractivity contribution in [2.45, 2.75) is 17.6 Å². The van der Waals surface area contributed by atoms with Crippen molar-refractivity contribution in [3.8, 4) is 11.7 Å². The van der Waals surface area contributed by atoms with E-state index in [1.54, 1.807) is 12.1 Å². The van der Waals surface area contributed by atoms with E-state index in [1.807, 2.05) is 19.1 Å². The van der Waals surface area contributed by atoms with Gasteiger partial charge < -0.3 is 14.8 Å². The highest BCUT2D eigenvalue weighted by Crippen LogP contribution is 2.29. The molecule has 2 N–H and O–H groups in total. The number of nitrogens with one attached hydrogen (secondary N) is 1. The van der Waals surface area contributed by atoms with Gasteiger partial charge >= 0.3 is 6.16 Å². The number of hydrogen-bond acceptors (Lipinski definition) is 6. The van der Waals surface area contributed by atoms with Crippen molar-refractivity contribution in [2.75, 3.05) is 0 Å². The molecular formula is C19H15ClN4O5S. The van der Waals surface area contributed by atoms with Crippen molar-refractivity contribution in [3.63, 3.8) is 0 Å². The molecule has 0 fully saturated rings. The average Bonchev–Trinajstić information content (AvgIpc) is 3.28. The minimum absolute atomic E-state index is 0.0161. The van der Waals surface area contributed by atoms with Crippen LogP contribution in [0, 0.1) is 6.92 Å². The second-order valence-corrected chi connectivity index (χ2v) is 8.96. The molecule has 0 spiro atoms. The Balaban J connectivity index is 1.68. The van der Waals surface area contributed by atoms with Crippen LogP contribution in [0.5, 0.6) is 5.75 Å². The lowest BCUT2D eigenvalue weighted by Gasteiger charge is -2.07. The number of aryl methyl sites for hydroxylation is 1. The molecule has 0 radical (unpaired) electrons. The van der Waals surface area contributed by atoms with Gasteiger partial charge in [0.1, 0.15) is 0 Å². The maximum atomic E-state index is 12.9. The van der Waals surface area contributed by atoms with E-state index in [0.29, 0.717) is 16.6 Å². The first-order valence-corrected chi connectivity index (χ1v) is 10.7. The topological polar surface area (TPSA) is 127 Å². The van der Waals surface area contributed by atoms with Crippen LogP contribution in [0.4, 0.5) is 4.79 Å². The van der Waals surface area contributed by atoms with Gasteiger partial charge in [0.05, 0.1) is 39.1 Å². The molecule has 0 unspecified atom stereocenters. The molecule has 0 atom stereocenters. The third-order valence-corrected chi connectivity index (χ3v) is 6.46. The standard InChI is InChI=1S/C19H15ClN4O5S/c1-11-2-4-12(5-3-11)10-30(27,28)17-7-16-15(6-14(17)20)22-18(23-16)24-9-13(8-21-24)29-19(25)26/h2-9H,10H2,1H3,(H,22,23)(H,25,26). The molecule has 2 aromatic heterocycles. The van der Waals surface area contributed by atoms with E-state index < -0.39 is 16.0 Å². The Bertz CT molecular complexity index is 1360. The minimum Gasteiger partial charge on any atom is -0.449 e. The molecule has 0 aliphatic rings. The summed E-state index contributed by atoms with van der Waals surface area (Å²) in [4.78, 5) is 17.9. The van der Waals surface area contributed by atoms with Crippen LogP contribution in [0.25, 0.3) is 17.0 Å². The zero-order valence-electron chi connectivity index (χ0n) is 15.5. The van der Waals surface area contributed by atoms with E-state index in [2.05, 4.69) is 19.8 Å². The number of fused-ring (bicyclic) bond motifs is 1. The molecule has 0 amide bonds. The van der Waals surface area contributed by atoms with Crippen molar-refractivity contribution in [2.24, 2.45) is 0 Å². The summed E-state index contributed by atoms with van der Waals surface area (Å²) in [7, 11) is -3.71. The highest BCUT2D eigenvalue weighted by atomic mass is 35.5. The molecule has 0 aliphatic carbocycles. The molecule has 0 aliphatic heterocycles. The predicted octanol–water partition coefficient (Wildman–Crippen LogP) is 3.74. The zero-order chi connectivity index (χ0) is 21.5. The average molecular weight is 447 g/mol. The first-order chi connectivity index (χ1) is 14.2. The molecule has 154 valence electrons. The molecule has 11 heteroatoms. The molecule has 0 bridgehead atoms. The summed E-state index contributed by atoms with van der Waals surface area (Å²) >= 11 is 6.26. The van der Waals surface area contributed by atoms with Crippen molar-refractivity contribution >= 4 is 38.6 Å². The Morgan fingerprint density at radius 3 is 2.70 bits per heavy atom. The van der Waals surface area contributed by atoms with Crippen LogP contribution in [-0.2, 0) is 15.6 Å². The number of halogens is 1. The molecule has 30 heavy (non-hydrogen) atoms. The lowest BCUT2D eigenvalue weighted by Crippen LogP contribution is -2.06. The SMILES string of the molecule is Cc1ccc(CS(=O)(=O)c2cc3nc(-n4cc(OC(=O)O)cn4)[nH]c3cc2Cl)cc1. The van der Waals surface area contributed by atoms with Gasteiger partial charge in [0, 0.05) is 0 Å². The minimum atomic E-state index is -3.71. The summed E-state index contributed by atoms with van der Waals surface area (Å²) in [6.07, 6.45) is 1.07. The van der Waals surface area contributed by atoms with E-state index in [1.165, 1.54) is 29.2 Å². The van der Waals surface area contributed by atoms with Crippen molar-refractivity contribution < 1.29 is 23.1 Å². The number of nitrogens with zero attached hydrogens (tertiary/aromatic N) is 3. The Hall–Kier alpha value is -3.37. The summed E-state index contributed by atoms with van der Waals surface area (Å²) in [5, 5.41) is 12.7. The number of carbonyl (C=O) groups is 1. The summed E-state index contributed by atoms with van der Waals surface area (Å²) < 4.78 is 31.6. The zero-order valence-corrected chi connectivity index (χ0v) is 17.1. The van der Waals surface area contributed by atoms with Crippen molar-refractivity contribution in [1.82, 2.24) is 19.7 Å². The quantitative estimate of drug-likeness (QED) is 0.447. The van der Waals surface area contributed by atoms with Gasteiger partial charge in [-0.3, -0.25) is 0 Å². The second-order valence-electron chi connectivity index (χ2n) is 6.59. The third kappa shape index (κ3) is 4.00. The van der Waals surface area contributed by atoms with Gasteiger partial charge in [0.15, 0.2) is 15.6 Å². The lowest BCUT2D eigenvalue weighted by molar-refractivity contribution is 0.144. The Labute approximate surface area is 175 Å². The van der Waals surface area contributed by atoms with E-state index in [0.717, 1.165) is 5.56 Å². The van der Waals surface area contributed by atoms with E-state index in [-0.39, 0.29) is 27.4 Å². The fourth-order valence-corrected chi connectivity index (χ4v) is 4.85. The first kappa shape index (κ1) is 19.9. The van der Waals surface area contributed by atoms with Crippen LogP contribution < -0.4 is 4.74 Å². The van der Waals surface area contributed by atoms with Gasteiger partial charge in [-0.05, 0) is 24.6 Å². The molecule has 9 nitrogen and oxygen atoms in total. The Morgan fingerprint density at radius 2 is 2.00 bits per heavy atom. The number of aromatic nitrogens is 4. The molecular weight excluding hydrogens is 432 g/mol. The summed E-state index contributed by atoms with van der Waals surface area (Å²) in [5.74, 6) is 0.0712. The fraction of sp³-hybridized carbons (Fsp3) is 0.105. The first-order valence-electron chi connectivity index (χ1n) is 8.65. The third-order valence-electron chi connectivity index (χ3n) is 4.32. The van der Waals surface area contributed by atoms with Gasteiger partial charge in [0.2, 0.25) is 5.95 Å². The highest BCUT2D eigenvalue weighted by Gasteiger charge is 2.21. The molecule has 4 rings (SSSR count). The molecule has 2 aromatic carbocycles. The number of hydrogen-bond donors (Lipinski definition) is 2. The van der Waals surface area contributed by atoms with E-state index in [9.17, 15) is 13.2 Å². The van der Waals surface area contributed by atoms with E-state index in [4.69, 9.17) is 16.7 Å². The Kier molecular flexibility index (Phi) is 4.96. The number of sulfone groups is 1. The number of benzene rings is 2. The summed E-state index contributed by atoms with van der Waals surface area (Å²) in [6.45, 7) is 1.93. The van der Waals surface area contributed by atoms with Gasteiger partial charge in [0.25, 0.3) is 0 Å². The fourth-order valence-electron chi connectivity index (χ4n) is 2.90. The number of H-pyrrole nitrogens is 1. The second kappa shape index (κ2) is 7.47. The summed E-state index contributed by atoms with van der Waals surface area (Å²) in [5.41, 5.74) is 2.56. The van der Waals surface area contributed by atoms with Crippen LogP contribution in [0.1, 0.15) is 11.1 Å². The monoisotopic (exact) mass is 446 g/mol. The van der Waals surface area contributed by atoms with Gasteiger partial charge in [-0.2, -0.15) is 5.10 Å². The predicted molar refractivity (Wildman–Crippen MR) is 109 cm³/mol. The normalized spacial score (nSPS) is 11.7. The molecule has 0 saturated carbocycles. The van der Waals surface area contributed by atoms with Crippen molar-refractivity contribution in [3.05, 3.63) is 64.9 Å². The van der Waals surface area contributed by atoms with Gasteiger partial charge in [-0.15, -0.1) is 0 Å². The maximum Gasteiger partial charge on any atom is 0.511 e.